The quantitative estimate of drug-likeness (QED) is 0.776. The summed E-state index contributed by atoms with van der Waals surface area (Å²) in [4.78, 5) is 26.0. The number of amides is 3. The first kappa shape index (κ1) is 15.8. The van der Waals surface area contributed by atoms with Gasteiger partial charge in [0.25, 0.3) is 5.91 Å². The van der Waals surface area contributed by atoms with Crippen LogP contribution >= 0.6 is 12.4 Å². The van der Waals surface area contributed by atoms with Gasteiger partial charge < -0.3 is 5.32 Å². The van der Waals surface area contributed by atoms with E-state index in [1.807, 2.05) is 25.1 Å². The van der Waals surface area contributed by atoms with Crippen LogP contribution in [-0.2, 0) is 4.79 Å². The summed E-state index contributed by atoms with van der Waals surface area (Å²) in [6.45, 7) is 2.82. The number of rotatable bonds is 1. The number of nitrogens with one attached hydrogen (secondary N) is 2. The van der Waals surface area contributed by atoms with Gasteiger partial charge in [-0.05, 0) is 19.0 Å². The first-order valence-corrected chi connectivity index (χ1v) is 6.93. The SMILES string of the molecule is CC1C(c2ccccc2)N(C)CCC12NC(=O)NC2=O.Cl. The largest absolute Gasteiger partial charge is 0.323 e. The van der Waals surface area contributed by atoms with E-state index in [-0.39, 0.29) is 36.3 Å². The predicted octanol–water partition coefficient (Wildman–Crippen LogP) is 1.70. The summed E-state index contributed by atoms with van der Waals surface area (Å²) < 4.78 is 0. The first-order chi connectivity index (χ1) is 9.54. The van der Waals surface area contributed by atoms with Gasteiger partial charge in [0, 0.05) is 18.5 Å². The molecule has 3 rings (SSSR count). The molecule has 3 amide bonds. The summed E-state index contributed by atoms with van der Waals surface area (Å²) in [7, 11) is 2.07. The lowest BCUT2D eigenvalue weighted by Gasteiger charge is -2.47. The van der Waals surface area contributed by atoms with Crippen LogP contribution in [0.3, 0.4) is 0 Å². The molecule has 1 aromatic carbocycles. The molecule has 21 heavy (non-hydrogen) atoms. The van der Waals surface area contributed by atoms with Gasteiger partial charge in [-0.25, -0.2) is 4.79 Å². The molecule has 2 fully saturated rings. The summed E-state index contributed by atoms with van der Waals surface area (Å²) in [5, 5.41) is 5.25. The van der Waals surface area contributed by atoms with Crippen molar-refractivity contribution in [2.75, 3.05) is 13.6 Å². The molecule has 1 spiro atoms. The van der Waals surface area contributed by atoms with Crippen LogP contribution in [0.15, 0.2) is 30.3 Å². The van der Waals surface area contributed by atoms with Crippen LogP contribution in [0.4, 0.5) is 4.79 Å². The number of piperidine rings is 1. The van der Waals surface area contributed by atoms with Crippen molar-refractivity contribution in [1.29, 1.82) is 0 Å². The number of urea groups is 1. The summed E-state index contributed by atoms with van der Waals surface area (Å²) >= 11 is 0. The Bertz CT molecular complexity index is 551. The number of nitrogens with zero attached hydrogens (tertiary/aromatic N) is 1. The zero-order chi connectivity index (χ0) is 14.3. The minimum absolute atomic E-state index is 0. The maximum atomic E-state index is 12.2. The second kappa shape index (κ2) is 5.66. The first-order valence-electron chi connectivity index (χ1n) is 6.93. The van der Waals surface area contributed by atoms with Gasteiger partial charge in [0.05, 0.1) is 0 Å². The van der Waals surface area contributed by atoms with Gasteiger partial charge in [0.1, 0.15) is 5.54 Å². The van der Waals surface area contributed by atoms with Crippen LogP contribution in [0.25, 0.3) is 0 Å². The molecule has 5 nitrogen and oxygen atoms in total. The Morgan fingerprint density at radius 2 is 1.90 bits per heavy atom. The van der Waals surface area contributed by atoms with Crippen molar-refractivity contribution < 1.29 is 9.59 Å². The minimum Gasteiger partial charge on any atom is -0.323 e. The Hall–Kier alpha value is -1.59. The molecule has 2 heterocycles. The molecule has 0 aliphatic carbocycles. The van der Waals surface area contributed by atoms with E-state index in [0.717, 1.165) is 6.54 Å². The maximum absolute atomic E-state index is 12.2. The van der Waals surface area contributed by atoms with Crippen molar-refractivity contribution in [2.24, 2.45) is 5.92 Å². The topological polar surface area (TPSA) is 61.4 Å². The van der Waals surface area contributed by atoms with Crippen LogP contribution in [0.5, 0.6) is 0 Å². The number of hydrogen-bond acceptors (Lipinski definition) is 3. The number of imide groups is 1. The molecule has 2 saturated heterocycles. The highest BCUT2D eigenvalue weighted by Crippen LogP contribution is 2.42. The zero-order valence-corrected chi connectivity index (χ0v) is 12.9. The lowest BCUT2D eigenvalue weighted by atomic mass is 9.72. The number of carbonyl (C=O) groups is 2. The summed E-state index contributed by atoms with van der Waals surface area (Å²) in [6.07, 6.45) is 0.644. The van der Waals surface area contributed by atoms with E-state index < -0.39 is 5.54 Å². The van der Waals surface area contributed by atoms with Gasteiger partial charge >= 0.3 is 6.03 Å². The molecule has 2 N–H and O–H groups in total. The summed E-state index contributed by atoms with van der Waals surface area (Å²) in [5.74, 6) is -0.181. The van der Waals surface area contributed by atoms with Crippen molar-refractivity contribution in [3.8, 4) is 0 Å². The minimum atomic E-state index is -0.774. The van der Waals surface area contributed by atoms with E-state index in [2.05, 4.69) is 34.7 Å². The zero-order valence-electron chi connectivity index (χ0n) is 12.1. The van der Waals surface area contributed by atoms with Crippen LogP contribution in [-0.4, -0.2) is 36.0 Å². The van der Waals surface area contributed by atoms with Crippen molar-refractivity contribution in [2.45, 2.75) is 24.9 Å². The third-order valence-corrected chi connectivity index (χ3v) is 4.69. The van der Waals surface area contributed by atoms with Crippen LogP contribution in [0, 0.1) is 5.92 Å². The number of hydrogen-bond donors (Lipinski definition) is 2. The highest BCUT2D eigenvalue weighted by atomic mass is 35.5. The molecule has 2 aliphatic rings. The molecule has 114 valence electrons. The molecule has 3 unspecified atom stereocenters. The fourth-order valence-corrected chi connectivity index (χ4v) is 3.57. The number of halogens is 1. The molecule has 6 heteroatoms. The number of likely N-dealkylation sites (tertiary alicyclic amines) is 1. The van der Waals surface area contributed by atoms with Gasteiger partial charge in [0.15, 0.2) is 0 Å². The predicted molar refractivity (Wildman–Crippen MR) is 82.2 cm³/mol. The van der Waals surface area contributed by atoms with E-state index in [4.69, 9.17) is 0 Å². The van der Waals surface area contributed by atoms with E-state index in [1.54, 1.807) is 0 Å². The molecular weight excluding hydrogens is 290 g/mol. The van der Waals surface area contributed by atoms with Gasteiger partial charge in [-0.2, -0.15) is 0 Å². The lowest BCUT2D eigenvalue weighted by Crippen LogP contribution is -2.60. The highest BCUT2D eigenvalue weighted by Gasteiger charge is 2.55. The van der Waals surface area contributed by atoms with Crippen molar-refractivity contribution in [1.82, 2.24) is 15.5 Å². The third kappa shape index (κ3) is 2.40. The smallest absolute Gasteiger partial charge is 0.322 e. The molecule has 3 atom stereocenters. The van der Waals surface area contributed by atoms with E-state index in [9.17, 15) is 9.59 Å². The number of carbonyl (C=O) groups excluding carboxylic acids is 2. The Balaban J connectivity index is 0.00000161. The second-order valence-corrected chi connectivity index (χ2v) is 5.75. The molecule has 0 bridgehead atoms. The van der Waals surface area contributed by atoms with Crippen molar-refractivity contribution in [3.05, 3.63) is 35.9 Å². The molecule has 0 radical (unpaired) electrons. The van der Waals surface area contributed by atoms with Gasteiger partial charge in [-0.3, -0.25) is 15.0 Å². The highest BCUT2D eigenvalue weighted by molar-refractivity contribution is 6.07. The Morgan fingerprint density at radius 3 is 2.48 bits per heavy atom. The molecule has 0 aromatic heterocycles. The lowest BCUT2D eigenvalue weighted by molar-refractivity contribution is -0.129. The van der Waals surface area contributed by atoms with Crippen LogP contribution in [0.1, 0.15) is 24.9 Å². The average Bonchev–Trinajstić information content (AvgIpc) is 2.72. The van der Waals surface area contributed by atoms with Crippen molar-refractivity contribution in [3.63, 3.8) is 0 Å². The molecule has 2 aliphatic heterocycles. The van der Waals surface area contributed by atoms with Crippen LogP contribution in [0.2, 0.25) is 0 Å². The number of benzene rings is 1. The fourth-order valence-electron chi connectivity index (χ4n) is 3.57. The monoisotopic (exact) mass is 309 g/mol. The Labute approximate surface area is 130 Å². The van der Waals surface area contributed by atoms with E-state index in [0.29, 0.717) is 6.42 Å². The second-order valence-electron chi connectivity index (χ2n) is 5.75. The van der Waals surface area contributed by atoms with E-state index in [1.165, 1.54) is 5.56 Å². The molecule has 0 saturated carbocycles. The van der Waals surface area contributed by atoms with Crippen LogP contribution < -0.4 is 10.6 Å². The molecular formula is C15H20ClN3O2. The fraction of sp³-hybridized carbons (Fsp3) is 0.467. The van der Waals surface area contributed by atoms with Gasteiger partial charge in [-0.1, -0.05) is 37.3 Å². The van der Waals surface area contributed by atoms with Gasteiger partial charge in [0.2, 0.25) is 0 Å². The Morgan fingerprint density at radius 1 is 1.24 bits per heavy atom. The molecule has 1 aromatic rings. The summed E-state index contributed by atoms with van der Waals surface area (Å²) in [6, 6.07) is 9.88. The maximum Gasteiger partial charge on any atom is 0.322 e. The standard InChI is InChI=1S/C15H19N3O2.ClH/c1-10-12(11-6-4-3-5-7-11)18(2)9-8-15(10)13(19)16-14(20)17-15;/h3-7,10,12H,8-9H2,1-2H3,(H2,16,17,19,20);1H. The van der Waals surface area contributed by atoms with E-state index >= 15 is 0 Å². The summed E-state index contributed by atoms with van der Waals surface area (Å²) in [5.41, 5.74) is 0.403. The normalized spacial score (nSPS) is 32.5. The Kier molecular flexibility index (Phi) is 4.25. The van der Waals surface area contributed by atoms with Gasteiger partial charge in [-0.15, -0.1) is 12.4 Å². The third-order valence-electron chi connectivity index (χ3n) is 4.69. The van der Waals surface area contributed by atoms with Crippen molar-refractivity contribution >= 4 is 24.3 Å². The average molecular weight is 310 g/mol.